The Hall–Kier alpha value is -2.03. The van der Waals surface area contributed by atoms with Crippen molar-refractivity contribution in [1.82, 2.24) is 14.9 Å². The second-order valence-corrected chi connectivity index (χ2v) is 8.46. The zero-order chi connectivity index (χ0) is 24.4. The Morgan fingerprint density at radius 3 is 2.34 bits per heavy atom. The van der Waals surface area contributed by atoms with Gasteiger partial charge >= 0.3 is 37.1 Å². The Morgan fingerprint density at radius 1 is 1.17 bits per heavy atom. The number of imidazole rings is 1. The first-order valence-electron chi connectivity index (χ1n) is 10.2. The number of carbonyl (C=O) groups is 2. The van der Waals surface area contributed by atoms with Crippen LogP contribution >= 0.6 is 8.58 Å². The molecule has 1 aromatic carbocycles. The van der Waals surface area contributed by atoms with Crippen LogP contribution in [0.15, 0.2) is 18.2 Å². The number of fused-ring (bicyclic) bond motifs is 3. The molecule has 186 valence electrons. The van der Waals surface area contributed by atoms with E-state index in [0.29, 0.717) is 12.0 Å². The zero-order valence-electron chi connectivity index (χ0n) is 19.2. The van der Waals surface area contributed by atoms with Gasteiger partial charge in [-0.05, 0) is 49.3 Å². The Morgan fingerprint density at radius 2 is 1.80 bits per heavy atom. The molecule has 1 aliphatic heterocycles. The van der Waals surface area contributed by atoms with E-state index >= 15 is 0 Å². The SMILES string of the molecule is COC([NH-])=O.COC([NH-])=O.O=[C-]PCCc1ccc2nc([C@@H]3C4CCC(C4)N3[C-]=O)[nH]c2c1.[V+2].[V+2]. The van der Waals surface area contributed by atoms with Gasteiger partial charge in [-0.25, -0.2) is 11.0 Å². The number of likely N-dealkylation sites (tertiary alicyclic amines) is 1. The first-order valence-corrected chi connectivity index (χ1v) is 11.4. The number of ether oxygens (including phenoxy) is 2. The minimum atomic E-state index is -0.995. The first kappa shape index (κ1) is 33.0. The number of aromatic nitrogens is 2. The molecule has 2 heterocycles. The van der Waals surface area contributed by atoms with E-state index in [1.807, 2.05) is 17.0 Å². The number of rotatable bonds is 6. The predicted molar refractivity (Wildman–Crippen MR) is 124 cm³/mol. The maximum absolute atomic E-state index is 11.3. The second kappa shape index (κ2) is 16.6. The Balaban J connectivity index is 0.000000827. The van der Waals surface area contributed by atoms with Crippen molar-refractivity contribution < 1.29 is 65.8 Å². The van der Waals surface area contributed by atoms with Crippen LogP contribution in [0.3, 0.4) is 0 Å². The summed E-state index contributed by atoms with van der Waals surface area (Å²) >= 11 is 0. The molecule has 3 amide bonds. The van der Waals surface area contributed by atoms with Crippen molar-refractivity contribution in [2.45, 2.75) is 37.8 Å². The number of hydrogen-bond donors (Lipinski definition) is 1. The van der Waals surface area contributed by atoms with Gasteiger partial charge in [-0.2, -0.15) is 6.41 Å². The molecule has 35 heavy (non-hydrogen) atoms. The van der Waals surface area contributed by atoms with Crippen molar-refractivity contribution in [1.29, 1.82) is 0 Å². The number of amides is 3. The minimum Gasteiger partial charge on any atom is -0.632 e. The average molecular weight is 577 g/mol. The third kappa shape index (κ3) is 9.50. The number of H-pyrrole nitrogens is 1. The summed E-state index contributed by atoms with van der Waals surface area (Å²) in [6.07, 6.45) is 5.18. The van der Waals surface area contributed by atoms with Gasteiger partial charge in [0.1, 0.15) is 5.82 Å². The summed E-state index contributed by atoms with van der Waals surface area (Å²) in [6.45, 7) is 0. The van der Waals surface area contributed by atoms with E-state index in [0.717, 1.165) is 56.5 Å². The van der Waals surface area contributed by atoms with Crippen LogP contribution in [0, 0.1) is 5.92 Å². The summed E-state index contributed by atoms with van der Waals surface area (Å²) in [4.78, 5) is 50.1. The van der Waals surface area contributed by atoms with E-state index in [1.54, 1.807) is 0 Å². The molecule has 2 radical (unpaired) electrons. The van der Waals surface area contributed by atoms with Gasteiger partial charge in [0.25, 0.3) is 0 Å². The molecule has 11 nitrogen and oxygen atoms in total. The molecule has 1 aliphatic carbocycles. The average Bonchev–Trinajstić information content (AvgIpc) is 3.53. The number of nitrogens with one attached hydrogen (secondary N) is 3. The van der Waals surface area contributed by atoms with Gasteiger partial charge in [0, 0.05) is 6.04 Å². The Labute approximate surface area is 229 Å². The van der Waals surface area contributed by atoms with Crippen LogP contribution in [0.25, 0.3) is 22.5 Å². The van der Waals surface area contributed by atoms with E-state index in [-0.39, 0.29) is 51.7 Å². The van der Waals surface area contributed by atoms with E-state index in [4.69, 9.17) is 16.5 Å². The molecule has 1 aromatic heterocycles. The molecule has 3 N–H and O–H groups in total. The standard InChI is InChI=1S/C17H18N3O2P.2C2H5NO2.2V/c21-9-20-13-3-2-12(8-13)16(20)17-18-14-4-1-11(5-6-23-10-22)7-15(14)19-17;2*1-5-2(3)4;;/h1,4,7,12-13,16,23H,2-3,5-6,8H2,(H,18,19);2*1H3,(H2,3,4);;/q-2;;;2*+2/p-2/t12?,13?,16-;;;;/m0..../s1. The van der Waals surface area contributed by atoms with Crippen molar-refractivity contribution in [2.24, 2.45) is 5.92 Å². The van der Waals surface area contributed by atoms with Crippen LogP contribution < -0.4 is 0 Å². The number of aromatic amines is 1. The maximum atomic E-state index is 11.3. The van der Waals surface area contributed by atoms with Crippen molar-refractivity contribution in [3.63, 3.8) is 0 Å². The third-order valence-corrected chi connectivity index (χ3v) is 6.16. The van der Waals surface area contributed by atoms with Gasteiger partial charge in [0.2, 0.25) is 12.2 Å². The molecule has 2 fully saturated rings. The molecule has 1 saturated heterocycles. The minimum absolute atomic E-state index is 0. The molecule has 4 rings (SSSR count). The second-order valence-electron chi connectivity index (χ2n) is 7.41. The molecule has 4 atom stereocenters. The summed E-state index contributed by atoms with van der Waals surface area (Å²) in [5.74, 6) is 1.39. The third-order valence-electron chi connectivity index (χ3n) is 5.52. The fourth-order valence-electron chi connectivity index (χ4n) is 4.10. The van der Waals surface area contributed by atoms with E-state index in [9.17, 15) is 19.2 Å². The van der Waals surface area contributed by atoms with E-state index in [1.165, 1.54) is 12.0 Å². The normalized spacial score (nSPS) is 19.4. The van der Waals surface area contributed by atoms with Gasteiger partial charge in [0.15, 0.2) is 0 Å². The van der Waals surface area contributed by atoms with Crippen LogP contribution in [-0.4, -0.2) is 65.9 Å². The van der Waals surface area contributed by atoms with Gasteiger partial charge in [-0.3, -0.25) is 18.2 Å². The molecule has 14 heteroatoms. The zero-order valence-corrected chi connectivity index (χ0v) is 23.0. The predicted octanol–water partition coefficient (Wildman–Crippen LogP) is 4.05. The Kier molecular flexibility index (Phi) is 15.6. The quantitative estimate of drug-likeness (QED) is 0.307. The molecule has 2 aromatic rings. The fraction of sp³-hybridized carbons (Fsp3) is 0.476. The molecule has 1 saturated carbocycles. The van der Waals surface area contributed by atoms with Crippen molar-refractivity contribution in [2.75, 3.05) is 20.4 Å². The summed E-state index contributed by atoms with van der Waals surface area (Å²) in [7, 11) is 2.57. The smallest absolute Gasteiger partial charge is 0.632 e. The van der Waals surface area contributed by atoms with Crippen molar-refractivity contribution >= 4 is 44.2 Å². The van der Waals surface area contributed by atoms with Gasteiger partial charge < -0.3 is 40.4 Å². The largest absolute Gasteiger partial charge is 2.00 e. The topological polar surface area (TPSA) is 166 Å². The van der Waals surface area contributed by atoms with E-state index in [2.05, 4.69) is 33.0 Å². The summed E-state index contributed by atoms with van der Waals surface area (Å²) in [5.41, 5.74) is 15.1. The van der Waals surface area contributed by atoms with Crippen molar-refractivity contribution in [3.8, 4) is 0 Å². The Bertz CT molecular complexity index is 965. The molecule has 0 spiro atoms. The molecular formula is C21H26N5O6PV2. The first-order chi connectivity index (χ1) is 15.8. The number of methoxy groups -OCH3 is 2. The number of benzene rings is 1. The number of nitrogens with zero attached hydrogens (tertiary/aromatic N) is 2. The van der Waals surface area contributed by atoms with Crippen LogP contribution in [0.5, 0.6) is 0 Å². The molecule has 3 unspecified atom stereocenters. The van der Waals surface area contributed by atoms with Gasteiger partial charge in [-0.1, -0.05) is 12.2 Å². The van der Waals surface area contributed by atoms with Crippen molar-refractivity contribution in [3.05, 3.63) is 41.1 Å². The monoisotopic (exact) mass is 577 g/mol. The van der Waals surface area contributed by atoms with Crippen LogP contribution in [0.1, 0.15) is 36.7 Å². The summed E-state index contributed by atoms with van der Waals surface area (Å²) in [5, 5.41) is 0. The van der Waals surface area contributed by atoms with Crippen LogP contribution in [0.2, 0.25) is 0 Å². The summed E-state index contributed by atoms with van der Waals surface area (Å²) in [6, 6.07) is 8.52. The van der Waals surface area contributed by atoms with E-state index < -0.39 is 12.2 Å². The number of aryl methyl sites for hydroxylation is 1. The number of hydrogen-bond acceptors (Lipinski definition) is 7. The fourth-order valence-corrected chi connectivity index (χ4v) is 4.62. The molecular weight excluding hydrogens is 551 g/mol. The van der Waals surface area contributed by atoms with Gasteiger partial charge in [-0.15, -0.1) is 0 Å². The summed E-state index contributed by atoms with van der Waals surface area (Å²) < 4.78 is 7.56. The van der Waals surface area contributed by atoms with Crippen LogP contribution in [-0.2, 0) is 62.6 Å². The van der Waals surface area contributed by atoms with Crippen LogP contribution in [0.4, 0.5) is 9.59 Å². The molecule has 2 bridgehead atoms. The maximum Gasteiger partial charge on any atom is 2.00 e. The number of piperidine rings is 1. The van der Waals surface area contributed by atoms with Gasteiger partial charge in [0.05, 0.1) is 31.3 Å². The molecule has 2 aliphatic rings. The number of carbonyl (C=O) groups excluding carboxylic acids is 4.